The molecule has 0 aliphatic heterocycles. The van der Waals surface area contributed by atoms with E-state index < -0.39 is 0 Å². The van der Waals surface area contributed by atoms with Gasteiger partial charge < -0.3 is 10.7 Å². The van der Waals surface area contributed by atoms with Crippen LogP contribution >= 0.6 is 11.8 Å². The molecule has 1 amide bonds. The summed E-state index contributed by atoms with van der Waals surface area (Å²) in [5.41, 5.74) is 3.50. The number of hydrogen-bond acceptors (Lipinski definition) is 5. The Morgan fingerprint density at radius 3 is 3.06 bits per heavy atom. The largest absolute Gasteiger partial charge is 0.352 e. The number of nitrogens with zero attached hydrogens (tertiary/aromatic N) is 1. The highest BCUT2D eigenvalue weighted by atomic mass is 32.2. The van der Waals surface area contributed by atoms with E-state index in [2.05, 4.69) is 28.9 Å². The first-order valence-electron chi connectivity index (χ1n) is 5.40. The second kappa shape index (κ2) is 7.13. The van der Waals surface area contributed by atoms with Gasteiger partial charge in [0.05, 0.1) is 17.4 Å². The highest BCUT2D eigenvalue weighted by Gasteiger charge is 2.10. The molecule has 1 aromatic heterocycles. The minimum Gasteiger partial charge on any atom is -0.352 e. The lowest BCUT2D eigenvalue weighted by molar-refractivity contribution is 0.0954. The SMILES string of the molecule is CSC(C)CCNC(=O)c1ccncc1NN. The van der Waals surface area contributed by atoms with Crippen LogP contribution in [0.4, 0.5) is 5.69 Å². The first kappa shape index (κ1) is 13.8. The number of carbonyl (C=O) groups excluding carboxylic acids is 1. The Bertz CT molecular complexity index is 372. The molecule has 0 fully saturated rings. The molecule has 1 rings (SSSR count). The van der Waals surface area contributed by atoms with Gasteiger partial charge in [0.1, 0.15) is 0 Å². The summed E-state index contributed by atoms with van der Waals surface area (Å²) < 4.78 is 0. The molecule has 5 nitrogen and oxygen atoms in total. The van der Waals surface area contributed by atoms with Gasteiger partial charge >= 0.3 is 0 Å². The van der Waals surface area contributed by atoms with E-state index in [1.807, 2.05) is 0 Å². The minimum absolute atomic E-state index is 0.131. The van der Waals surface area contributed by atoms with Crippen molar-refractivity contribution >= 4 is 23.4 Å². The first-order chi connectivity index (χ1) is 8.19. The van der Waals surface area contributed by atoms with Crippen LogP contribution in [-0.4, -0.2) is 28.9 Å². The Morgan fingerprint density at radius 2 is 2.41 bits per heavy atom. The molecule has 0 radical (unpaired) electrons. The number of anilines is 1. The smallest absolute Gasteiger partial charge is 0.253 e. The molecule has 0 saturated carbocycles. The van der Waals surface area contributed by atoms with E-state index in [0.717, 1.165) is 6.42 Å². The number of nitrogen functional groups attached to an aromatic ring is 1. The van der Waals surface area contributed by atoms with Crippen LogP contribution in [0.3, 0.4) is 0 Å². The number of aromatic nitrogens is 1. The lowest BCUT2D eigenvalue weighted by atomic mass is 10.2. The summed E-state index contributed by atoms with van der Waals surface area (Å²) in [6.07, 6.45) is 6.11. The third-order valence-electron chi connectivity index (χ3n) is 2.46. The molecular weight excluding hydrogens is 236 g/mol. The van der Waals surface area contributed by atoms with Gasteiger partial charge in [-0.05, 0) is 18.7 Å². The maximum absolute atomic E-state index is 11.9. The van der Waals surface area contributed by atoms with Crippen molar-refractivity contribution in [2.75, 3.05) is 18.2 Å². The summed E-state index contributed by atoms with van der Waals surface area (Å²) >= 11 is 1.79. The predicted octanol–water partition coefficient (Wildman–Crippen LogP) is 1.24. The van der Waals surface area contributed by atoms with Crippen LogP contribution in [0.1, 0.15) is 23.7 Å². The van der Waals surface area contributed by atoms with Gasteiger partial charge in [-0.15, -0.1) is 0 Å². The van der Waals surface area contributed by atoms with E-state index in [4.69, 9.17) is 5.84 Å². The Labute approximate surface area is 106 Å². The van der Waals surface area contributed by atoms with Gasteiger partial charge in [0.25, 0.3) is 5.91 Å². The van der Waals surface area contributed by atoms with E-state index in [0.29, 0.717) is 23.0 Å². The summed E-state index contributed by atoms with van der Waals surface area (Å²) in [5, 5.41) is 3.40. The second-order valence-corrected chi connectivity index (χ2v) is 4.93. The van der Waals surface area contributed by atoms with Crippen LogP contribution in [0.2, 0.25) is 0 Å². The van der Waals surface area contributed by atoms with Gasteiger partial charge in [0.15, 0.2) is 0 Å². The topological polar surface area (TPSA) is 80.0 Å². The van der Waals surface area contributed by atoms with Crippen molar-refractivity contribution in [1.82, 2.24) is 10.3 Å². The van der Waals surface area contributed by atoms with Crippen LogP contribution < -0.4 is 16.6 Å². The number of pyridine rings is 1. The van der Waals surface area contributed by atoms with Crippen molar-refractivity contribution in [3.63, 3.8) is 0 Å². The quantitative estimate of drug-likeness (QED) is 0.526. The van der Waals surface area contributed by atoms with Crippen LogP contribution in [0, 0.1) is 0 Å². The molecule has 0 saturated heterocycles. The number of nitrogens with two attached hydrogens (primary N) is 1. The number of thioether (sulfide) groups is 1. The fraction of sp³-hybridized carbons (Fsp3) is 0.455. The normalized spacial score (nSPS) is 11.9. The highest BCUT2D eigenvalue weighted by Crippen LogP contribution is 2.12. The number of hydrogen-bond donors (Lipinski definition) is 3. The standard InChI is InChI=1S/C11H18N4OS/c1-8(17-2)3-6-14-11(16)9-4-5-13-7-10(9)15-12/h4-5,7-8,15H,3,6,12H2,1-2H3,(H,14,16). The third kappa shape index (κ3) is 4.24. The van der Waals surface area contributed by atoms with Crippen molar-refractivity contribution in [2.24, 2.45) is 5.84 Å². The molecule has 4 N–H and O–H groups in total. The Hall–Kier alpha value is -1.27. The zero-order valence-electron chi connectivity index (χ0n) is 10.1. The van der Waals surface area contributed by atoms with Crippen LogP contribution in [0.5, 0.6) is 0 Å². The van der Waals surface area contributed by atoms with Crippen LogP contribution in [0.25, 0.3) is 0 Å². The molecule has 1 atom stereocenters. The van der Waals surface area contributed by atoms with Crippen LogP contribution in [0.15, 0.2) is 18.5 Å². The van der Waals surface area contributed by atoms with Crippen molar-refractivity contribution in [3.05, 3.63) is 24.0 Å². The van der Waals surface area contributed by atoms with Crippen molar-refractivity contribution in [2.45, 2.75) is 18.6 Å². The maximum Gasteiger partial charge on any atom is 0.253 e. The molecule has 17 heavy (non-hydrogen) atoms. The fourth-order valence-corrected chi connectivity index (χ4v) is 1.66. The van der Waals surface area contributed by atoms with Crippen molar-refractivity contribution < 1.29 is 4.79 Å². The second-order valence-electron chi connectivity index (χ2n) is 3.66. The van der Waals surface area contributed by atoms with Gasteiger partial charge in [-0.2, -0.15) is 11.8 Å². The number of amides is 1. The molecule has 0 aliphatic rings. The van der Waals surface area contributed by atoms with Crippen molar-refractivity contribution in [1.29, 1.82) is 0 Å². The molecule has 1 aromatic rings. The average molecular weight is 254 g/mol. The Balaban J connectivity index is 2.52. The summed E-state index contributed by atoms with van der Waals surface area (Å²) in [4.78, 5) is 15.7. The van der Waals surface area contributed by atoms with Gasteiger partial charge in [-0.1, -0.05) is 6.92 Å². The number of hydrazine groups is 1. The average Bonchev–Trinajstić information content (AvgIpc) is 2.38. The van der Waals surface area contributed by atoms with Crippen molar-refractivity contribution in [3.8, 4) is 0 Å². The van der Waals surface area contributed by atoms with Crippen LogP contribution in [-0.2, 0) is 0 Å². The Morgan fingerprint density at radius 1 is 1.65 bits per heavy atom. The van der Waals surface area contributed by atoms with Gasteiger partial charge in [0.2, 0.25) is 0 Å². The van der Waals surface area contributed by atoms with E-state index in [-0.39, 0.29) is 5.91 Å². The summed E-state index contributed by atoms with van der Waals surface area (Å²) in [6.45, 7) is 2.79. The van der Waals surface area contributed by atoms with E-state index in [9.17, 15) is 4.79 Å². The zero-order chi connectivity index (χ0) is 12.7. The molecule has 6 heteroatoms. The summed E-state index contributed by atoms with van der Waals surface area (Å²) in [7, 11) is 0. The molecule has 94 valence electrons. The van der Waals surface area contributed by atoms with Gasteiger partial charge in [-0.25, -0.2) is 0 Å². The minimum atomic E-state index is -0.131. The molecular formula is C11H18N4OS. The zero-order valence-corrected chi connectivity index (χ0v) is 10.9. The van der Waals surface area contributed by atoms with Gasteiger partial charge in [0, 0.05) is 18.0 Å². The first-order valence-corrected chi connectivity index (χ1v) is 6.69. The molecule has 0 aliphatic carbocycles. The predicted molar refractivity (Wildman–Crippen MR) is 72.0 cm³/mol. The summed E-state index contributed by atoms with van der Waals surface area (Å²) in [6, 6.07) is 1.64. The molecule has 1 unspecified atom stereocenters. The Kier molecular flexibility index (Phi) is 5.79. The number of carbonyl (C=O) groups is 1. The van der Waals surface area contributed by atoms with E-state index in [1.165, 1.54) is 6.20 Å². The summed E-state index contributed by atoms with van der Waals surface area (Å²) in [5.74, 6) is 5.18. The highest BCUT2D eigenvalue weighted by molar-refractivity contribution is 7.99. The molecule has 1 heterocycles. The monoisotopic (exact) mass is 254 g/mol. The third-order valence-corrected chi connectivity index (χ3v) is 3.50. The fourth-order valence-electron chi connectivity index (χ4n) is 1.31. The van der Waals surface area contributed by atoms with E-state index >= 15 is 0 Å². The lowest BCUT2D eigenvalue weighted by Crippen LogP contribution is -2.27. The van der Waals surface area contributed by atoms with Gasteiger partial charge in [-0.3, -0.25) is 15.6 Å². The molecule has 0 bridgehead atoms. The lowest BCUT2D eigenvalue weighted by Gasteiger charge is -2.11. The molecule has 0 aromatic carbocycles. The number of nitrogens with one attached hydrogen (secondary N) is 2. The number of rotatable bonds is 6. The molecule has 0 spiro atoms. The maximum atomic E-state index is 11.9. The van der Waals surface area contributed by atoms with E-state index in [1.54, 1.807) is 24.0 Å².